The minimum absolute atomic E-state index is 0.261. The minimum atomic E-state index is 0.261. The molecule has 0 aliphatic heterocycles. The normalized spacial score (nSPS) is 11.2. The van der Waals surface area contributed by atoms with Crippen LogP contribution in [0.1, 0.15) is 38.8 Å². The van der Waals surface area contributed by atoms with Crippen molar-refractivity contribution in [2.45, 2.75) is 39.9 Å². The fourth-order valence-corrected chi connectivity index (χ4v) is 3.37. The van der Waals surface area contributed by atoms with Crippen molar-refractivity contribution in [2.24, 2.45) is 0 Å². The molecule has 0 heterocycles. The molecule has 0 unspecified atom stereocenters. The maximum atomic E-state index is 5.66. The molecule has 2 aromatic rings. The van der Waals surface area contributed by atoms with Crippen molar-refractivity contribution < 1.29 is 8.85 Å². The minimum Gasteiger partial charge on any atom is -0.409 e. The third-order valence-corrected chi connectivity index (χ3v) is 5.61. The Morgan fingerprint density at radius 2 is 1.04 bits per heavy atom. The van der Waals surface area contributed by atoms with E-state index in [0.29, 0.717) is 19.5 Å². The molecular formula is C20H24O2Si2. The van der Waals surface area contributed by atoms with Gasteiger partial charge in [0.2, 0.25) is 0 Å². The lowest BCUT2D eigenvalue weighted by atomic mass is 10.00. The fourth-order valence-electron chi connectivity index (χ4n) is 2.02. The second-order valence-corrected chi connectivity index (χ2v) is 8.20. The molecule has 2 aromatic carbocycles. The summed E-state index contributed by atoms with van der Waals surface area (Å²) >= 11 is 0. The summed E-state index contributed by atoms with van der Waals surface area (Å²) in [5, 5.41) is 2.42. The molecule has 0 aromatic heterocycles. The van der Waals surface area contributed by atoms with Gasteiger partial charge in [-0.05, 0) is 54.8 Å². The van der Waals surface area contributed by atoms with Crippen LogP contribution in [0.5, 0.6) is 0 Å². The van der Waals surface area contributed by atoms with Crippen LogP contribution in [0, 0.1) is 0 Å². The Hall–Kier alpha value is -1.47. The second kappa shape index (κ2) is 9.13. The largest absolute Gasteiger partial charge is 0.409 e. The first-order chi connectivity index (χ1) is 11.5. The van der Waals surface area contributed by atoms with Crippen LogP contribution in [0.25, 0.3) is 5.57 Å². The van der Waals surface area contributed by atoms with E-state index in [1.54, 1.807) is 0 Å². The Morgan fingerprint density at radius 3 is 1.33 bits per heavy atom. The molecule has 0 aliphatic carbocycles. The van der Waals surface area contributed by atoms with Crippen LogP contribution >= 0.6 is 0 Å². The van der Waals surface area contributed by atoms with Gasteiger partial charge >= 0.3 is 0 Å². The standard InChI is InChI=1S/C20H24O2Si2/c1-14(2)21-23-19-10-6-17(7-11-19)16(5)18-8-12-20(13-9-18)24-22-15(3)4/h6-15H,5H2,1-4H3. The molecule has 0 atom stereocenters. The Kier molecular flexibility index (Phi) is 7.18. The first-order valence-electron chi connectivity index (χ1n) is 8.19. The molecule has 0 N–H and O–H groups in total. The van der Waals surface area contributed by atoms with Crippen molar-refractivity contribution in [3.8, 4) is 0 Å². The Labute approximate surface area is 150 Å². The molecule has 0 amide bonds. The molecule has 0 spiro atoms. The maximum Gasteiger partial charge on any atom is 0.269 e. The van der Waals surface area contributed by atoms with E-state index < -0.39 is 0 Å². The SMILES string of the molecule is C=C(c1ccc([Si]OC(C)C)cc1)c1ccc([Si]OC(C)C)cc1. The first kappa shape index (κ1) is 18.9. The van der Waals surface area contributed by atoms with E-state index >= 15 is 0 Å². The van der Waals surface area contributed by atoms with Crippen LogP contribution in [0.3, 0.4) is 0 Å². The van der Waals surface area contributed by atoms with Crippen LogP contribution in [0.2, 0.25) is 0 Å². The average Bonchev–Trinajstić information content (AvgIpc) is 2.58. The molecule has 2 rings (SSSR count). The van der Waals surface area contributed by atoms with Gasteiger partial charge < -0.3 is 8.85 Å². The van der Waals surface area contributed by atoms with Crippen LogP contribution in [0.15, 0.2) is 55.1 Å². The molecule has 0 saturated heterocycles. The van der Waals surface area contributed by atoms with Gasteiger partial charge in [-0.3, -0.25) is 0 Å². The van der Waals surface area contributed by atoms with E-state index in [-0.39, 0.29) is 12.2 Å². The van der Waals surface area contributed by atoms with Crippen molar-refractivity contribution >= 4 is 35.5 Å². The molecule has 0 fully saturated rings. The summed E-state index contributed by atoms with van der Waals surface area (Å²) in [6, 6.07) is 16.9. The van der Waals surface area contributed by atoms with E-state index in [9.17, 15) is 0 Å². The van der Waals surface area contributed by atoms with Crippen molar-refractivity contribution in [1.29, 1.82) is 0 Å². The zero-order valence-corrected chi connectivity index (χ0v) is 16.8. The summed E-state index contributed by atoms with van der Waals surface area (Å²) in [5.74, 6) is 0. The van der Waals surface area contributed by atoms with Crippen LogP contribution in [0.4, 0.5) is 0 Å². The quantitative estimate of drug-likeness (QED) is 0.680. The topological polar surface area (TPSA) is 18.5 Å². The van der Waals surface area contributed by atoms with Gasteiger partial charge in [-0.25, -0.2) is 0 Å². The van der Waals surface area contributed by atoms with E-state index in [2.05, 4.69) is 82.8 Å². The molecule has 2 nitrogen and oxygen atoms in total. The lowest BCUT2D eigenvalue weighted by Gasteiger charge is -2.10. The smallest absolute Gasteiger partial charge is 0.269 e. The summed E-state index contributed by atoms with van der Waals surface area (Å²) in [6.07, 6.45) is 0.522. The fraction of sp³-hybridized carbons (Fsp3) is 0.300. The van der Waals surface area contributed by atoms with Gasteiger partial charge in [0.25, 0.3) is 19.5 Å². The summed E-state index contributed by atoms with van der Waals surface area (Å²) < 4.78 is 11.3. The van der Waals surface area contributed by atoms with Gasteiger partial charge in [0.15, 0.2) is 0 Å². The predicted molar refractivity (Wildman–Crippen MR) is 104 cm³/mol. The average molecular weight is 353 g/mol. The zero-order chi connectivity index (χ0) is 17.5. The molecule has 0 bridgehead atoms. The maximum absolute atomic E-state index is 5.66. The number of hydrogen-bond donors (Lipinski definition) is 0. The van der Waals surface area contributed by atoms with Crippen LogP contribution in [-0.2, 0) is 8.85 Å². The summed E-state index contributed by atoms with van der Waals surface area (Å²) in [4.78, 5) is 0. The van der Waals surface area contributed by atoms with Gasteiger partial charge in [-0.1, -0.05) is 55.1 Å². The number of rotatable bonds is 8. The number of benzene rings is 2. The van der Waals surface area contributed by atoms with Crippen LogP contribution < -0.4 is 10.4 Å². The molecule has 0 saturated carbocycles. The van der Waals surface area contributed by atoms with Crippen molar-refractivity contribution in [1.82, 2.24) is 0 Å². The van der Waals surface area contributed by atoms with Gasteiger partial charge in [0, 0.05) is 12.2 Å². The van der Waals surface area contributed by atoms with E-state index in [1.807, 2.05) is 0 Å². The molecule has 0 aliphatic rings. The Bertz CT molecular complexity index is 589. The van der Waals surface area contributed by atoms with Crippen LogP contribution in [-0.4, -0.2) is 31.7 Å². The molecule has 24 heavy (non-hydrogen) atoms. The summed E-state index contributed by atoms with van der Waals surface area (Å²) in [6.45, 7) is 12.5. The predicted octanol–water partition coefficient (Wildman–Crippen LogP) is 3.09. The monoisotopic (exact) mass is 352 g/mol. The zero-order valence-electron chi connectivity index (χ0n) is 14.8. The van der Waals surface area contributed by atoms with Crippen molar-refractivity contribution in [3.63, 3.8) is 0 Å². The van der Waals surface area contributed by atoms with E-state index in [4.69, 9.17) is 8.85 Å². The van der Waals surface area contributed by atoms with Crippen molar-refractivity contribution in [2.75, 3.05) is 0 Å². The second-order valence-electron chi connectivity index (χ2n) is 6.17. The highest BCUT2D eigenvalue weighted by molar-refractivity contribution is 6.47. The highest BCUT2D eigenvalue weighted by Gasteiger charge is 2.06. The van der Waals surface area contributed by atoms with Gasteiger partial charge in [-0.15, -0.1) is 0 Å². The lowest BCUT2D eigenvalue weighted by molar-refractivity contribution is 0.260. The highest BCUT2D eigenvalue weighted by Crippen LogP contribution is 2.19. The Morgan fingerprint density at radius 1 is 0.708 bits per heavy atom. The molecule has 124 valence electrons. The van der Waals surface area contributed by atoms with E-state index in [1.165, 1.54) is 10.4 Å². The Balaban J connectivity index is 2.00. The third kappa shape index (κ3) is 5.87. The molecule has 4 radical (unpaired) electrons. The van der Waals surface area contributed by atoms with Gasteiger partial charge in [-0.2, -0.15) is 0 Å². The number of hydrogen-bond acceptors (Lipinski definition) is 2. The highest BCUT2D eigenvalue weighted by atomic mass is 28.2. The van der Waals surface area contributed by atoms with Gasteiger partial charge in [0.05, 0.1) is 0 Å². The summed E-state index contributed by atoms with van der Waals surface area (Å²) in [5.41, 5.74) is 3.32. The van der Waals surface area contributed by atoms with Crippen molar-refractivity contribution in [3.05, 3.63) is 66.2 Å². The van der Waals surface area contributed by atoms with E-state index in [0.717, 1.165) is 16.7 Å². The lowest BCUT2D eigenvalue weighted by Crippen LogP contribution is -2.21. The van der Waals surface area contributed by atoms with Gasteiger partial charge in [0.1, 0.15) is 0 Å². The first-order valence-corrected chi connectivity index (χ1v) is 10.0. The summed E-state index contributed by atoms with van der Waals surface area (Å²) in [7, 11) is 0.789. The molecular weight excluding hydrogens is 328 g/mol. The molecule has 4 heteroatoms. The third-order valence-electron chi connectivity index (χ3n) is 3.29.